The third-order valence-electron chi connectivity index (χ3n) is 1.44. The van der Waals surface area contributed by atoms with Gasteiger partial charge < -0.3 is 16.2 Å². The molecule has 2 unspecified atom stereocenters. The van der Waals surface area contributed by atoms with Gasteiger partial charge in [0.25, 0.3) is 0 Å². The Balaban J connectivity index is 3.61. The molecule has 0 aromatic rings. The first-order chi connectivity index (χ1) is 4.57. The predicted octanol–water partition coefficient (Wildman–Crippen LogP) is -0.399. The maximum absolute atomic E-state index is 10.1. The number of carboxylic acid groups (broad SMARTS) is 1. The first kappa shape index (κ1) is 9.39. The van der Waals surface area contributed by atoms with Crippen molar-refractivity contribution in [2.24, 2.45) is 11.7 Å². The van der Waals surface area contributed by atoms with Crippen LogP contribution in [0.5, 0.6) is 0 Å². The second-order valence-electron chi connectivity index (χ2n) is 2.39. The van der Waals surface area contributed by atoms with Gasteiger partial charge in [-0.05, 0) is 13.0 Å². The minimum atomic E-state index is -0.807. The summed E-state index contributed by atoms with van der Waals surface area (Å²) >= 11 is 0. The monoisotopic (exact) mass is 146 g/mol. The van der Waals surface area contributed by atoms with Crippen molar-refractivity contribution in [3.05, 3.63) is 0 Å². The largest absolute Gasteiger partial charge is 0.481 e. The molecule has 0 saturated heterocycles. The zero-order valence-electron chi connectivity index (χ0n) is 6.29. The highest BCUT2D eigenvalue weighted by atomic mass is 16.4. The van der Waals surface area contributed by atoms with Crippen molar-refractivity contribution in [1.29, 1.82) is 0 Å². The Hall–Kier alpha value is -0.610. The number of rotatable bonds is 4. The van der Waals surface area contributed by atoms with E-state index in [2.05, 4.69) is 5.32 Å². The Morgan fingerprint density at radius 2 is 2.30 bits per heavy atom. The van der Waals surface area contributed by atoms with Crippen LogP contribution in [0.4, 0.5) is 0 Å². The summed E-state index contributed by atoms with van der Waals surface area (Å²) in [7, 11) is 1.71. The molecule has 0 aliphatic carbocycles. The lowest BCUT2D eigenvalue weighted by Crippen LogP contribution is -2.41. The van der Waals surface area contributed by atoms with Crippen LogP contribution in [0.15, 0.2) is 0 Å². The van der Waals surface area contributed by atoms with Crippen LogP contribution in [0.1, 0.15) is 13.3 Å². The van der Waals surface area contributed by atoms with Crippen molar-refractivity contribution in [2.45, 2.75) is 19.5 Å². The van der Waals surface area contributed by atoms with E-state index in [9.17, 15) is 4.79 Å². The molecular weight excluding hydrogens is 132 g/mol. The third-order valence-corrected chi connectivity index (χ3v) is 1.44. The van der Waals surface area contributed by atoms with Gasteiger partial charge in [-0.15, -0.1) is 0 Å². The topological polar surface area (TPSA) is 75.3 Å². The van der Waals surface area contributed by atoms with Gasteiger partial charge in [0.05, 0.1) is 12.6 Å². The molecule has 0 aliphatic heterocycles. The van der Waals surface area contributed by atoms with Gasteiger partial charge in [-0.3, -0.25) is 4.79 Å². The number of nitrogens with two attached hydrogens (primary N) is 1. The molecule has 4 heteroatoms. The van der Waals surface area contributed by atoms with Crippen LogP contribution in [0.2, 0.25) is 0 Å². The van der Waals surface area contributed by atoms with Gasteiger partial charge in [0, 0.05) is 0 Å². The van der Waals surface area contributed by atoms with E-state index < -0.39 is 5.97 Å². The zero-order chi connectivity index (χ0) is 8.15. The summed E-state index contributed by atoms with van der Waals surface area (Å²) in [6.07, 6.45) is -0.113. The second kappa shape index (κ2) is 4.24. The lowest BCUT2D eigenvalue weighted by molar-refractivity contribution is -0.138. The highest BCUT2D eigenvalue weighted by Crippen LogP contribution is 2.02. The summed E-state index contributed by atoms with van der Waals surface area (Å²) in [6.45, 7) is 1.80. The van der Waals surface area contributed by atoms with Gasteiger partial charge >= 0.3 is 5.97 Å². The van der Waals surface area contributed by atoms with Crippen molar-refractivity contribution in [1.82, 2.24) is 5.32 Å². The average Bonchev–Trinajstić information content (AvgIpc) is 1.85. The first-order valence-electron chi connectivity index (χ1n) is 3.22. The molecule has 0 saturated carbocycles. The molecule has 0 spiro atoms. The minimum Gasteiger partial charge on any atom is -0.481 e. The number of carboxylic acids is 1. The minimum absolute atomic E-state index is 0.0255. The van der Waals surface area contributed by atoms with Crippen LogP contribution in [0.3, 0.4) is 0 Å². The summed E-state index contributed by atoms with van der Waals surface area (Å²) in [4.78, 5) is 10.1. The van der Waals surface area contributed by atoms with Crippen LogP contribution in [-0.4, -0.2) is 24.3 Å². The number of hydrogen-bond acceptors (Lipinski definition) is 3. The summed E-state index contributed by atoms with van der Waals surface area (Å²) in [6, 6.07) is 0. The lowest BCUT2D eigenvalue weighted by atomic mass is 10.1. The summed E-state index contributed by atoms with van der Waals surface area (Å²) in [5, 5.41) is 11.1. The summed E-state index contributed by atoms with van der Waals surface area (Å²) in [5.74, 6) is -0.833. The Kier molecular flexibility index (Phi) is 3.99. The Morgan fingerprint density at radius 3 is 2.60 bits per heavy atom. The number of hydrogen-bond donors (Lipinski definition) is 3. The van der Waals surface area contributed by atoms with Crippen molar-refractivity contribution >= 4 is 5.97 Å². The normalized spacial score (nSPS) is 16.3. The zero-order valence-corrected chi connectivity index (χ0v) is 6.29. The van der Waals surface area contributed by atoms with Gasteiger partial charge in [0.15, 0.2) is 0 Å². The first-order valence-corrected chi connectivity index (χ1v) is 3.22. The SMILES string of the molecule is CNC(N)C(C)CC(=O)O. The maximum atomic E-state index is 10.1. The predicted molar refractivity (Wildman–Crippen MR) is 38.5 cm³/mol. The van der Waals surface area contributed by atoms with Gasteiger partial charge in [0.1, 0.15) is 0 Å². The molecule has 0 fully saturated rings. The van der Waals surface area contributed by atoms with Crippen LogP contribution < -0.4 is 11.1 Å². The van der Waals surface area contributed by atoms with E-state index >= 15 is 0 Å². The van der Waals surface area contributed by atoms with Gasteiger partial charge in [0.2, 0.25) is 0 Å². The second-order valence-corrected chi connectivity index (χ2v) is 2.39. The average molecular weight is 146 g/mol. The fraction of sp³-hybridized carbons (Fsp3) is 0.833. The maximum Gasteiger partial charge on any atom is 0.303 e. The molecule has 10 heavy (non-hydrogen) atoms. The highest BCUT2D eigenvalue weighted by molar-refractivity contribution is 5.67. The van der Waals surface area contributed by atoms with Gasteiger partial charge in [-0.2, -0.15) is 0 Å². The molecular formula is C6H14N2O2. The number of carbonyl (C=O) groups is 1. The van der Waals surface area contributed by atoms with Crippen LogP contribution in [0, 0.1) is 5.92 Å². The Labute approximate surface area is 60.4 Å². The molecule has 60 valence electrons. The van der Waals surface area contributed by atoms with E-state index in [1.807, 2.05) is 0 Å². The van der Waals surface area contributed by atoms with Crippen molar-refractivity contribution in [3.8, 4) is 0 Å². The van der Waals surface area contributed by atoms with Crippen molar-refractivity contribution in [3.63, 3.8) is 0 Å². The summed E-state index contributed by atoms with van der Waals surface area (Å²) in [5.41, 5.74) is 5.49. The van der Waals surface area contributed by atoms with Gasteiger partial charge in [-0.1, -0.05) is 6.92 Å². The fourth-order valence-corrected chi connectivity index (χ4v) is 0.687. The molecule has 0 aromatic heterocycles. The van der Waals surface area contributed by atoms with Crippen LogP contribution >= 0.6 is 0 Å². The van der Waals surface area contributed by atoms with E-state index in [1.165, 1.54) is 0 Å². The highest BCUT2D eigenvalue weighted by Gasteiger charge is 2.13. The van der Waals surface area contributed by atoms with Crippen molar-refractivity contribution in [2.75, 3.05) is 7.05 Å². The van der Waals surface area contributed by atoms with E-state index in [0.717, 1.165) is 0 Å². The molecule has 0 radical (unpaired) electrons. The van der Waals surface area contributed by atoms with Crippen molar-refractivity contribution < 1.29 is 9.90 Å². The lowest BCUT2D eigenvalue weighted by Gasteiger charge is -2.16. The number of nitrogens with one attached hydrogen (secondary N) is 1. The van der Waals surface area contributed by atoms with E-state index in [1.54, 1.807) is 14.0 Å². The van der Waals surface area contributed by atoms with Gasteiger partial charge in [-0.25, -0.2) is 0 Å². The molecule has 4 N–H and O–H groups in total. The quantitative estimate of drug-likeness (QED) is 0.472. The Bertz CT molecular complexity index is 116. The molecule has 0 bridgehead atoms. The van der Waals surface area contributed by atoms with Crippen LogP contribution in [0.25, 0.3) is 0 Å². The fourth-order valence-electron chi connectivity index (χ4n) is 0.687. The molecule has 0 aromatic carbocycles. The third kappa shape index (κ3) is 3.42. The molecule has 0 rings (SSSR count). The summed E-state index contributed by atoms with van der Waals surface area (Å²) < 4.78 is 0. The molecule has 0 heterocycles. The van der Waals surface area contributed by atoms with E-state index in [0.29, 0.717) is 0 Å². The number of aliphatic carboxylic acids is 1. The standard InChI is InChI=1S/C6H14N2O2/c1-4(3-5(9)10)6(7)8-2/h4,6,8H,3,7H2,1-2H3,(H,9,10). The molecule has 4 nitrogen and oxygen atoms in total. The van der Waals surface area contributed by atoms with Crippen LogP contribution in [-0.2, 0) is 4.79 Å². The molecule has 0 aliphatic rings. The van der Waals surface area contributed by atoms with E-state index in [4.69, 9.17) is 10.8 Å². The molecule has 2 atom stereocenters. The smallest absolute Gasteiger partial charge is 0.303 e. The Morgan fingerprint density at radius 1 is 1.80 bits per heavy atom. The van der Waals surface area contributed by atoms with E-state index in [-0.39, 0.29) is 18.5 Å². The molecule has 0 amide bonds.